The van der Waals surface area contributed by atoms with Gasteiger partial charge in [-0.25, -0.2) is 4.98 Å². The molecule has 1 aliphatic rings. The Morgan fingerprint density at radius 1 is 1.06 bits per heavy atom. The summed E-state index contributed by atoms with van der Waals surface area (Å²) < 4.78 is 0.890. The molecule has 2 heterocycles. The highest BCUT2D eigenvalue weighted by molar-refractivity contribution is 14.1. The highest BCUT2D eigenvalue weighted by atomic mass is 127. The van der Waals surface area contributed by atoms with Crippen molar-refractivity contribution in [3.05, 3.63) is 85.0 Å². The number of amides is 2. The Labute approximate surface area is 209 Å². The zero-order valence-electron chi connectivity index (χ0n) is 17.2. The van der Waals surface area contributed by atoms with Crippen LogP contribution in [0.15, 0.2) is 54.6 Å². The van der Waals surface area contributed by atoms with Gasteiger partial charge in [0.25, 0.3) is 11.8 Å². The Morgan fingerprint density at radius 2 is 1.75 bits per heavy atom. The van der Waals surface area contributed by atoms with Gasteiger partial charge >= 0.3 is 0 Å². The van der Waals surface area contributed by atoms with Crippen LogP contribution in [0, 0.1) is 3.57 Å². The van der Waals surface area contributed by atoms with Gasteiger partial charge in [0.2, 0.25) is 0 Å². The quantitative estimate of drug-likeness (QED) is 0.328. The molecular formula is C23H19Cl2IN4O2. The fourth-order valence-corrected chi connectivity index (χ4v) is 4.73. The van der Waals surface area contributed by atoms with Crippen molar-refractivity contribution in [2.45, 2.75) is 19.0 Å². The number of anilines is 2. The first-order valence-corrected chi connectivity index (χ1v) is 11.6. The van der Waals surface area contributed by atoms with Crippen molar-refractivity contribution in [2.24, 2.45) is 0 Å². The van der Waals surface area contributed by atoms with Crippen LogP contribution in [0.25, 0.3) is 0 Å². The number of aromatic nitrogens is 1. The summed E-state index contributed by atoms with van der Waals surface area (Å²) in [5.41, 5.74) is 8.39. The minimum absolute atomic E-state index is 0.209. The molecule has 2 atom stereocenters. The fourth-order valence-electron chi connectivity index (χ4n) is 3.96. The zero-order chi connectivity index (χ0) is 23.2. The van der Waals surface area contributed by atoms with Crippen molar-refractivity contribution in [3.8, 4) is 0 Å². The summed E-state index contributed by atoms with van der Waals surface area (Å²) in [6.45, 7) is 1.83. The van der Waals surface area contributed by atoms with E-state index in [2.05, 4.69) is 27.6 Å². The number of benzene rings is 2. The number of halogens is 3. The number of carbonyl (C=O) groups excluding carboxylic acids is 2. The summed E-state index contributed by atoms with van der Waals surface area (Å²) in [4.78, 5) is 34.9. The number of fused-ring (bicyclic) bond motifs is 1. The van der Waals surface area contributed by atoms with Gasteiger partial charge in [0.05, 0.1) is 17.3 Å². The van der Waals surface area contributed by atoms with Crippen LogP contribution in [0.2, 0.25) is 10.2 Å². The van der Waals surface area contributed by atoms with Crippen molar-refractivity contribution < 1.29 is 9.59 Å². The number of hydrogen-bond donors (Lipinski definition) is 1. The second-order valence-electron chi connectivity index (χ2n) is 7.51. The summed E-state index contributed by atoms with van der Waals surface area (Å²) in [5, 5.41) is 0.795. The van der Waals surface area contributed by atoms with Gasteiger partial charge in [0, 0.05) is 21.2 Å². The van der Waals surface area contributed by atoms with Gasteiger partial charge in [-0.1, -0.05) is 41.4 Å². The van der Waals surface area contributed by atoms with Crippen molar-refractivity contribution in [1.29, 1.82) is 0 Å². The number of nitrogens with zero attached hydrogens (tertiary/aromatic N) is 3. The van der Waals surface area contributed by atoms with Gasteiger partial charge in [-0.05, 0) is 71.5 Å². The predicted octanol–water partition coefficient (Wildman–Crippen LogP) is 5.50. The molecule has 2 N–H and O–H groups in total. The Morgan fingerprint density at radius 3 is 2.41 bits per heavy atom. The Hall–Kier alpha value is -2.36. The van der Waals surface area contributed by atoms with E-state index in [0.29, 0.717) is 27.4 Å². The van der Waals surface area contributed by atoms with Crippen molar-refractivity contribution in [2.75, 3.05) is 17.7 Å². The van der Waals surface area contributed by atoms with Gasteiger partial charge in [-0.3, -0.25) is 9.59 Å². The fraction of sp³-hybridized carbons (Fsp3) is 0.174. The largest absolute Gasteiger partial charge is 0.383 e. The molecule has 2 aromatic carbocycles. The molecule has 0 fully saturated rings. The van der Waals surface area contributed by atoms with Crippen LogP contribution in [0.5, 0.6) is 0 Å². The minimum atomic E-state index is -0.889. The van der Waals surface area contributed by atoms with E-state index in [1.165, 1.54) is 4.90 Å². The van der Waals surface area contributed by atoms with Crippen LogP contribution in [-0.4, -0.2) is 28.7 Å². The number of carbonyl (C=O) groups is 2. The highest BCUT2D eigenvalue weighted by Gasteiger charge is 2.42. The third-order valence-electron chi connectivity index (χ3n) is 5.60. The monoisotopic (exact) mass is 580 g/mol. The summed E-state index contributed by atoms with van der Waals surface area (Å²) in [6, 6.07) is 14.3. The summed E-state index contributed by atoms with van der Waals surface area (Å²) in [6.07, 6.45) is 0. The maximum atomic E-state index is 14.0. The first-order chi connectivity index (χ1) is 15.2. The molecule has 0 spiro atoms. The molecule has 0 saturated heterocycles. The van der Waals surface area contributed by atoms with Crippen molar-refractivity contribution in [1.82, 2.24) is 9.88 Å². The lowest BCUT2D eigenvalue weighted by molar-refractivity contribution is -0.123. The molecule has 2 unspecified atom stereocenters. The number of nitrogen functional groups attached to an aromatic ring is 1. The normalized spacial score (nSPS) is 17.2. The van der Waals surface area contributed by atoms with E-state index in [-0.39, 0.29) is 22.8 Å². The molecular weight excluding hydrogens is 562 g/mol. The Kier molecular flexibility index (Phi) is 6.33. The van der Waals surface area contributed by atoms with Crippen LogP contribution < -0.4 is 10.6 Å². The second-order valence-corrected chi connectivity index (χ2v) is 9.58. The van der Waals surface area contributed by atoms with E-state index in [9.17, 15) is 9.59 Å². The van der Waals surface area contributed by atoms with E-state index >= 15 is 0 Å². The maximum Gasteiger partial charge on any atom is 0.257 e. The zero-order valence-corrected chi connectivity index (χ0v) is 20.9. The van der Waals surface area contributed by atoms with Gasteiger partial charge in [0.15, 0.2) is 0 Å². The molecule has 0 saturated carbocycles. The van der Waals surface area contributed by atoms with Crippen molar-refractivity contribution in [3.63, 3.8) is 0 Å². The van der Waals surface area contributed by atoms with Crippen LogP contribution in [-0.2, 0) is 4.79 Å². The summed E-state index contributed by atoms with van der Waals surface area (Å²) in [5.74, 6) is -0.313. The average molecular weight is 581 g/mol. The topological polar surface area (TPSA) is 79.5 Å². The van der Waals surface area contributed by atoms with Crippen LogP contribution in [0.4, 0.5) is 11.5 Å². The minimum Gasteiger partial charge on any atom is -0.383 e. The number of rotatable bonds is 3. The lowest BCUT2D eigenvalue weighted by Crippen LogP contribution is -2.42. The molecule has 3 aromatic rings. The molecule has 1 aromatic heterocycles. The lowest BCUT2D eigenvalue weighted by atomic mass is 9.99. The maximum absolute atomic E-state index is 14.0. The van der Waals surface area contributed by atoms with E-state index in [1.807, 2.05) is 13.0 Å². The molecule has 9 heteroatoms. The van der Waals surface area contributed by atoms with Crippen LogP contribution in [0.1, 0.15) is 40.5 Å². The third kappa shape index (κ3) is 4.04. The number of hydrogen-bond acceptors (Lipinski definition) is 4. The second kappa shape index (κ2) is 8.88. The predicted molar refractivity (Wildman–Crippen MR) is 135 cm³/mol. The molecule has 0 aliphatic carbocycles. The van der Waals surface area contributed by atoms with Gasteiger partial charge in [-0.2, -0.15) is 0 Å². The number of likely N-dealkylation sites (N-methyl/N-ethyl adjacent to an activating group) is 1. The smallest absolute Gasteiger partial charge is 0.257 e. The van der Waals surface area contributed by atoms with Crippen molar-refractivity contribution >= 4 is 69.1 Å². The summed E-state index contributed by atoms with van der Waals surface area (Å²) >= 11 is 14.2. The summed E-state index contributed by atoms with van der Waals surface area (Å²) in [7, 11) is 1.68. The molecule has 32 heavy (non-hydrogen) atoms. The molecule has 2 amide bonds. The van der Waals surface area contributed by atoms with Gasteiger partial charge < -0.3 is 15.5 Å². The molecule has 1 aliphatic heterocycles. The van der Waals surface area contributed by atoms with E-state index in [0.717, 1.165) is 3.57 Å². The Bertz CT molecular complexity index is 1220. The average Bonchev–Trinajstić information content (AvgIpc) is 2.83. The first-order valence-electron chi connectivity index (χ1n) is 9.76. The standard InChI is InChI=1S/C23H19Cl2IN4O2/c1-12(16-8-10-19(25)28-21(16)27)30-20(13-3-5-14(24)6-4-13)23(32)29(2)18-9-7-15(26)11-17(18)22(30)31/h3-12,20H,1-2H3,(H2,27,28). The third-order valence-corrected chi connectivity index (χ3v) is 6.74. The molecule has 6 nitrogen and oxygen atoms in total. The van der Waals surface area contributed by atoms with E-state index < -0.39 is 12.1 Å². The first kappa shape index (κ1) is 22.8. The molecule has 0 bridgehead atoms. The van der Waals surface area contributed by atoms with Crippen LogP contribution >= 0.6 is 45.8 Å². The lowest BCUT2D eigenvalue weighted by Gasteiger charge is -2.35. The van der Waals surface area contributed by atoms with Crippen LogP contribution in [0.3, 0.4) is 0 Å². The molecule has 4 rings (SSSR count). The van der Waals surface area contributed by atoms with Gasteiger partial charge in [-0.15, -0.1) is 0 Å². The van der Waals surface area contributed by atoms with E-state index in [4.69, 9.17) is 28.9 Å². The van der Waals surface area contributed by atoms with Gasteiger partial charge in [0.1, 0.15) is 17.0 Å². The molecule has 0 radical (unpaired) electrons. The number of nitrogens with two attached hydrogens (primary N) is 1. The Balaban J connectivity index is 1.94. The SMILES string of the molecule is CC(c1ccc(Cl)nc1N)N1C(=O)c2cc(I)ccc2N(C)C(=O)C1c1ccc(Cl)cc1. The highest BCUT2D eigenvalue weighted by Crippen LogP contribution is 2.40. The molecule has 164 valence electrons. The number of pyridine rings is 1. The van der Waals surface area contributed by atoms with E-state index in [1.54, 1.807) is 60.5 Å².